The molecular weight excluding hydrogens is 310 g/mol. The first-order chi connectivity index (χ1) is 9.08. The fourth-order valence-electron chi connectivity index (χ4n) is 2.60. The van der Waals surface area contributed by atoms with Gasteiger partial charge in [0.05, 0.1) is 0 Å². The van der Waals surface area contributed by atoms with E-state index < -0.39 is 0 Å². The van der Waals surface area contributed by atoms with E-state index in [2.05, 4.69) is 16.8 Å². The minimum Gasteiger partial charge on any atom is -0.314 e. The quantitative estimate of drug-likeness (QED) is 0.840. The van der Waals surface area contributed by atoms with Gasteiger partial charge in [0.1, 0.15) is 5.82 Å². The summed E-state index contributed by atoms with van der Waals surface area (Å²) in [7, 11) is 0. The summed E-state index contributed by atoms with van der Waals surface area (Å²) < 4.78 is 13.8. The molecular formula is C16H25Cl2FN2. The molecule has 0 spiro atoms. The number of halogens is 3. The molecule has 0 aromatic heterocycles. The zero-order valence-corrected chi connectivity index (χ0v) is 14.3. The largest absolute Gasteiger partial charge is 0.314 e. The lowest BCUT2D eigenvalue weighted by Gasteiger charge is -2.35. The maximum absolute atomic E-state index is 13.8. The van der Waals surface area contributed by atoms with E-state index in [1.165, 1.54) is 0 Å². The van der Waals surface area contributed by atoms with E-state index in [4.69, 9.17) is 0 Å². The second-order valence-electron chi connectivity index (χ2n) is 5.47. The van der Waals surface area contributed by atoms with Gasteiger partial charge >= 0.3 is 0 Å². The van der Waals surface area contributed by atoms with Crippen LogP contribution in [0.5, 0.6) is 0 Å². The molecule has 1 aliphatic rings. The van der Waals surface area contributed by atoms with E-state index in [-0.39, 0.29) is 36.7 Å². The average molecular weight is 335 g/mol. The normalized spacial score (nSPS) is 16.5. The smallest absolute Gasteiger partial charge is 0.126 e. The van der Waals surface area contributed by atoms with Crippen LogP contribution in [0.25, 0.3) is 0 Å². The molecule has 1 aliphatic heterocycles. The fourth-order valence-corrected chi connectivity index (χ4v) is 2.60. The van der Waals surface area contributed by atoms with Crippen LogP contribution in [0.15, 0.2) is 30.4 Å². The summed E-state index contributed by atoms with van der Waals surface area (Å²) >= 11 is 0. The van der Waals surface area contributed by atoms with Crippen molar-refractivity contribution in [1.82, 2.24) is 10.2 Å². The van der Waals surface area contributed by atoms with Crippen molar-refractivity contribution in [2.45, 2.75) is 26.3 Å². The summed E-state index contributed by atoms with van der Waals surface area (Å²) in [6.07, 6.45) is 0.891. The van der Waals surface area contributed by atoms with Gasteiger partial charge in [-0.1, -0.05) is 17.7 Å². The Kier molecular flexibility index (Phi) is 9.14. The zero-order valence-electron chi connectivity index (χ0n) is 12.7. The van der Waals surface area contributed by atoms with E-state index in [1.54, 1.807) is 13.0 Å². The first-order valence-corrected chi connectivity index (χ1v) is 6.93. The maximum Gasteiger partial charge on any atom is 0.126 e. The number of hydrogen-bond donors (Lipinski definition) is 1. The molecule has 2 rings (SSSR count). The van der Waals surface area contributed by atoms with Crippen molar-refractivity contribution >= 4 is 24.8 Å². The number of benzene rings is 1. The van der Waals surface area contributed by atoms with Crippen LogP contribution in [0.4, 0.5) is 4.39 Å². The van der Waals surface area contributed by atoms with Gasteiger partial charge in [0, 0.05) is 32.2 Å². The van der Waals surface area contributed by atoms with Gasteiger partial charge in [-0.15, -0.1) is 31.4 Å². The summed E-state index contributed by atoms with van der Waals surface area (Å²) in [5.74, 6) is -0.112. The number of aryl methyl sites for hydroxylation is 1. The summed E-state index contributed by atoms with van der Waals surface area (Å²) in [4.78, 5) is 2.43. The molecule has 1 atom stereocenters. The molecule has 0 radical (unpaired) electrons. The highest BCUT2D eigenvalue weighted by atomic mass is 35.5. The maximum atomic E-state index is 13.8. The summed E-state index contributed by atoms with van der Waals surface area (Å²) in [6.45, 7) is 11.9. The van der Waals surface area contributed by atoms with Crippen molar-refractivity contribution in [3.63, 3.8) is 0 Å². The van der Waals surface area contributed by atoms with Gasteiger partial charge in [-0.2, -0.15) is 0 Å². The zero-order chi connectivity index (χ0) is 13.8. The number of nitrogens with zero attached hydrogens (tertiary/aromatic N) is 1. The van der Waals surface area contributed by atoms with Gasteiger partial charge in [-0.05, 0) is 37.5 Å². The standard InChI is InChI=1S/C16H23FN2.2ClH/c1-12(2)10-16(19-8-6-18-7-9-19)14-5-4-13(3)15(17)11-14;;/h4-5,11,16,18H,1,6-10H2,2-3H3;2*1H/t16-;;/m0../s1. The lowest BCUT2D eigenvalue weighted by atomic mass is 9.97. The topological polar surface area (TPSA) is 15.3 Å². The molecule has 1 aromatic carbocycles. The Balaban J connectivity index is 0.00000200. The average Bonchev–Trinajstić information content (AvgIpc) is 2.40. The van der Waals surface area contributed by atoms with Crippen LogP contribution in [-0.4, -0.2) is 31.1 Å². The number of nitrogens with one attached hydrogen (secondary N) is 1. The molecule has 0 amide bonds. The van der Waals surface area contributed by atoms with E-state index >= 15 is 0 Å². The van der Waals surface area contributed by atoms with Gasteiger partial charge in [0.15, 0.2) is 0 Å². The molecule has 0 aliphatic carbocycles. The Hall–Kier alpha value is -0.610. The van der Waals surface area contributed by atoms with Gasteiger partial charge < -0.3 is 5.32 Å². The van der Waals surface area contributed by atoms with E-state index in [0.29, 0.717) is 5.56 Å². The van der Waals surface area contributed by atoms with Crippen molar-refractivity contribution in [3.05, 3.63) is 47.3 Å². The van der Waals surface area contributed by atoms with Gasteiger partial charge in [-0.25, -0.2) is 4.39 Å². The van der Waals surface area contributed by atoms with Crippen LogP contribution in [0.2, 0.25) is 0 Å². The summed E-state index contributed by atoms with van der Waals surface area (Å²) in [5.41, 5.74) is 2.91. The minimum atomic E-state index is -0.112. The van der Waals surface area contributed by atoms with Crippen LogP contribution < -0.4 is 5.32 Å². The van der Waals surface area contributed by atoms with Gasteiger partial charge in [0.2, 0.25) is 0 Å². The van der Waals surface area contributed by atoms with Crippen molar-refractivity contribution in [2.75, 3.05) is 26.2 Å². The number of hydrogen-bond acceptors (Lipinski definition) is 2. The van der Waals surface area contributed by atoms with E-state index in [9.17, 15) is 4.39 Å². The number of rotatable bonds is 4. The van der Waals surface area contributed by atoms with Crippen molar-refractivity contribution < 1.29 is 4.39 Å². The molecule has 1 aromatic rings. The molecule has 0 unspecified atom stereocenters. The molecule has 2 nitrogen and oxygen atoms in total. The molecule has 5 heteroatoms. The molecule has 1 heterocycles. The predicted molar refractivity (Wildman–Crippen MR) is 92.2 cm³/mol. The summed E-state index contributed by atoms with van der Waals surface area (Å²) in [6, 6.07) is 5.85. The van der Waals surface area contributed by atoms with Gasteiger partial charge in [0.25, 0.3) is 0 Å². The van der Waals surface area contributed by atoms with Crippen LogP contribution in [0.3, 0.4) is 0 Å². The Morgan fingerprint density at radius 3 is 2.48 bits per heavy atom. The monoisotopic (exact) mass is 334 g/mol. The van der Waals surface area contributed by atoms with Crippen molar-refractivity contribution in [2.24, 2.45) is 0 Å². The molecule has 0 bridgehead atoms. The molecule has 120 valence electrons. The predicted octanol–water partition coefficient (Wildman–Crippen LogP) is 3.89. The van der Waals surface area contributed by atoms with Crippen LogP contribution in [0, 0.1) is 12.7 Å². The van der Waals surface area contributed by atoms with Crippen molar-refractivity contribution in [1.29, 1.82) is 0 Å². The highest BCUT2D eigenvalue weighted by Crippen LogP contribution is 2.28. The van der Waals surface area contributed by atoms with Gasteiger partial charge in [-0.3, -0.25) is 4.90 Å². The minimum absolute atomic E-state index is 0. The fraction of sp³-hybridized carbons (Fsp3) is 0.500. The van der Waals surface area contributed by atoms with E-state index in [1.807, 2.05) is 19.1 Å². The Labute approximate surface area is 139 Å². The van der Waals surface area contributed by atoms with Crippen molar-refractivity contribution in [3.8, 4) is 0 Å². The Bertz CT molecular complexity index is 460. The Morgan fingerprint density at radius 2 is 1.95 bits per heavy atom. The SMILES string of the molecule is C=C(C)C[C@@H](c1ccc(C)c(F)c1)N1CCNCC1.Cl.Cl. The highest BCUT2D eigenvalue weighted by molar-refractivity contribution is 5.85. The first-order valence-electron chi connectivity index (χ1n) is 6.93. The third-order valence-electron chi connectivity index (χ3n) is 3.71. The molecule has 1 saturated heterocycles. The Morgan fingerprint density at radius 1 is 1.33 bits per heavy atom. The van der Waals surface area contributed by atoms with E-state index in [0.717, 1.165) is 43.7 Å². The van der Waals surface area contributed by atoms with Crippen LogP contribution >= 0.6 is 24.8 Å². The third-order valence-corrected chi connectivity index (χ3v) is 3.71. The first kappa shape index (κ1) is 20.4. The highest BCUT2D eigenvalue weighted by Gasteiger charge is 2.22. The van der Waals surface area contributed by atoms with Crippen LogP contribution in [0.1, 0.15) is 30.5 Å². The lowest BCUT2D eigenvalue weighted by Crippen LogP contribution is -2.45. The number of piperazine rings is 1. The molecule has 0 saturated carbocycles. The third kappa shape index (κ3) is 5.59. The summed E-state index contributed by atoms with van der Waals surface area (Å²) in [5, 5.41) is 3.36. The molecule has 1 N–H and O–H groups in total. The molecule has 1 fully saturated rings. The van der Waals surface area contributed by atoms with Crippen LogP contribution in [-0.2, 0) is 0 Å². The second kappa shape index (κ2) is 9.42. The molecule has 21 heavy (non-hydrogen) atoms. The lowest BCUT2D eigenvalue weighted by molar-refractivity contribution is 0.172. The second-order valence-corrected chi connectivity index (χ2v) is 5.47.